The first kappa shape index (κ1) is 18.5. The molecule has 0 aliphatic heterocycles. The van der Waals surface area contributed by atoms with Gasteiger partial charge in [-0.15, -0.1) is 0 Å². The number of thioether (sulfide) groups is 1. The Morgan fingerprint density at radius 2 is 1.79 bits per heavy atom. The van der Waals surface area contributed by atoms with E-state index in [-0.39, 0.29) is 6.04 Å². The molecule has 0 aliphatic carbocycles. The maximum absolute atomic E-state index is 12.3. The third-order valence-electron chi connectivity index (χ3n) is 3.29. The van der Waals surface area contributed by atoms with Gasteiger partial charge in [0.1, 0.15) is 5.75 Å². The smallest absolute Gasteiger partial charge is 0.288 e. The van der Waals surface area contributed by atoms with Crippen molar-refractivity contribution in [1.29, 1.82) is 0 Å². The summed E-state index contributed by atoms with van der Waals surface area (Å²) in [6.45, 7) is 1.98. The van der Waals surface area contributed by atoms with Crippen LogP contribution in [0.2, 0.25) is 0 Å². The Morgan fingerprint density at radius 3 is 2.42 bits per heavy atom. The zero-order valence-electron chi connectivity index (χ0n) is 13.3. The summed E-state index contributed by atoms with van der Waals surface area (Å²) in [6, 6.07) is 14.3. The SMILES string of the molecule is COc1ccccc1[C@H](C)NC(=S)Nc1ccc(SC(F)F)cc1. The molecule has 0 amide bonds. The van der Waals surface area contributed by atoms with Crippen molar-refractivity contribution in [1.82, 2.24) is 5.32 Å². The Labute approximate surface area is 149 Å². The van der Waals surface area contributed by atoms with Gasteiger partial charge in [-0.25, -0.2) is 0 Å². The van der Waals surface area contributed by atoms with Crippen molar-refractivity contribution in [2.24, 2.45) is 0 Å². The second kappa shape index (κ2) is 8.84. The van der Waals surface area contributed by atoms with Crippen molar-refractivity contribution in [3.05, 3.63) is 54.1 Å². The van der Waals surface area contributed by atoms with Crippen LogP contribution in [-0.4, -0.2) is 18.0 Å². The number of para-hydroxylation sites is 1. The van der Waals surface area contributed by atoms with Gasteiger partial charge in [0.2, 0.25) is 0 Å². The quantitative estimate of drug-likeness (QED) is 0.550. The summed E-state index contributed by atoms with van der Waals surface area (Å²) >= 11 is 5.82. The molecule has 0 bridgehead atoms. The van der Waals surface area contributed by atoms with E-state index in [2.05, 4.69) is 10.6 Å². The minimum atomic E-state index is -2.42. The number of nitrogens with one attached hydrogen (secondary N) is 2. The minimum Gasteiger partial charge on any atom is -0.496 e. The summed E-state index contributed by atoms with van der Waals surface area (Å²) < 4.78 is 30.0. The Hall–Kier alpha value is -1.86. The average Bonchev–Trinajstić information content (AvgIpc) is 2.56. The second-order valence-corrected chi connectivity index (χ2v) is 6.44. The molecule has 2 rings (SSSR count). The van der Waals surface area contributed by atoms with Crippen LogP contribution in [0.5, 0.6) is 5.75 Å². The molecule has 0 unspecified atom stereocenters. The maximum Gasteiger partial charge on any atom is 0.288 e. The summed E-state index contributed by atoms with van der Waals surface area (Å²) in [7, 11) is 1.63. The molecular weight excluding hydrogens is 350 g/mol. The van der Waals surface area contributed by atoms with Gasteiger partial charge in [-0.1, -0.05) is 30.0 Å². The fraction of sp³-hybridized carbons (Fsp3) is 0.235. The Bertz CT molecular complexity index is 681. The van der Waals surface area contributed by atoms with Gasteiger partial charge in [-0.2, -0.15) is 8.78 Å². The van der Waals surface area contributed by atoms with Crippen molar-refractivity contribution in [3.63, 3.8) is 0 Å². The van der Waals surface area contributed by atoms with Crippen LogP contribution in [0.4, 0.5) is 14.5 Å². The number of thiocarbonyl (C=S) groups is 1. The molecule has 0 saturated carbocycles. The van der Waals surface area contributed by atoms with Gasteiger partial charge in [-0.3, -0.25) is 0 Å². The number of anilines is 1. The number of hydrogen-bond acceptors (Lipinski definition) is 3. The molecule has 24 heavy (non-hydrogen) atoms. The molecule has 7 heteroatoms. The standard InChI is InChI=1S/C17H18F2N2OS2/c1-11(14-5-3-4-6-15(14)22-2)20-17(23)21-12-7-9-13(10-8-12)24-16(18)19/h3-11,16H,1-2H3,(H2,20,21,23)/t11-/m0/s1. The molecule has 2 aromatic carbocycles. The highest BCUT2D eigenvalue weighted by Crippen LogP contribution is 2.27. The molecule has 0 aromatic heterocycles. The normalized spacial score (nSPS) is 11.9. The lowest BCUT2D eigenvalue weighted by atomic mass is 10.1. The van der Waals surface area contributed by atoms with Gasteiger partial charge in [0.25, 0.3) is 5.76 Å². The lowest BCUT2D eigenvalue weighted by molar-refractivity contribution is 0.252. The van der Waals surface area contributed by atoms with E-state index < -0.39 is 5.76 Å². The molecule has 3 nitrogen and oxygen atoms in total. The van der Waals surface area contributed by atoms with E-state index in [9.17, 15) is 8.78 Å². The largest absolute Gasteiger partial charge is 0.496 e. The van der Waals surface area contributed by atoms with E-state index in [1.54, 1.807) is 31.4 Å². The summed E-state index contributed by atoms with van der Waals surface area (Å²) in [5.41, 5.74) is 1.73. The second-order valence-electron chi connectivity index (χ2n) is 4.96. The van der Waals surface area contributed by atoms with E-state index in [1.807, 2.05) is 31.2 Å². The monoisotopic (exact) mass is 368 g/mol. The minimum absolute atomic E-state index is 0.0465. The fourth-order valence-electron chi connectivity index (χ4n) is 2.19. The molecule has 2 aromatic rings. The number of halogens is 2. The van der Waals surface area contributed by atoms with Crippen LogP contribution < -0.4 is 15.4 Å². The molecule has 0 saturated heterocycles. The molecular formula is C17H18F2N2OS2. The highest BCUT2D eigenvalue weighted by molar-refractivity contribution is 7.99. The lowest BCUT2D eigenvalue weighted by Crippen LogP contribution is -2.31. The first-order chi connectivity index (χ1) is 11.5. The molecule has 0 fully saturated rings. The Balaban J connectivity index is 1.95. The molecule has 0 heterocycles. The molecule has 0 radical (unpaired) electrons. The Morgan fingerprint density at radius 1 is 1.12 bits per heavy atom. The van der Waals surface area contributed by atoms with Crippen molar-refractivity contribution in [3.8, 4) is 5.75 Å². The predicted molar refractivity (Wildman–Crippen MR) is 99.1 cm³/mol. The maximum atomic E-state index is 12.3. The van der Waals surface area contributed by atoms with E-state index >= 15 is 0 Å². The first-order valence-electron chi connectivity index (χ1n) is 7.25. The van der Waals surface area contributed by atoms with Gasteiger partial charge in [0.15, 0.2) is 5.11 Å². The van der Waals surface area contributed by atoms with E-state index in [0.29, 0.717) is 21.8 Å². The average molecular weight is 368 g/mol. The van der Waals surface area contributed by atoms with Crippen LogP contribution in [0.3, 0.4) is 0 Å². The third-order valence-corrected chi connectivity index (χ3v) is 4.23. The number of benzene rings is 2. The predicted octanol–water partition coefficient (Wildman–Crippen LogP) is 5.06. The highest BCUT2D eigenvalue weighted by Gasteiger charge is 2.12. The van der Waals surface area contributed by atoms with Crippen LogP contribution in [-0.2, 0) is 0 Å². The fourth-order valence-corrected chi connectivity index (χ4v) is 2.98. The summed E-state index contributed by atoms with van der Waals surface area (Å²) in [6.07, 6.45) is 0. The van der Waals surface area contributed by atoms with Gasteiger partial charge in [0, 0.05) is 16.1 Å². The summed E-state index contributed by atoms with van der Waals surface area (Å²) in [5.74, 6) is -1.64. The first-order valence-corrected chi connectivity index (χ1v) is 8.53. The van der Waals surface area contributed by atoms with E-state index in [0.717, 1.165) is 17.0 Å². The molecule has 1 atom stereocenters. The van der Waals surface area contributed by atoms with Crippen LogP contribution in [0.15, 0.2) is 53.4 Å². The number of alkyl halides is 2. The number of hydrogen-bond donors (Lipinski definition) is 2. The lowest BCUT2D eigenvalue weighted by Gasteiger charge is -2.19. The summed E-state index contributed by atoms with van der Waals surface area (Å²) in [5, 5.41) is 6.67. The van der Waals surface area contributed by atoms with Crippen molar-refractivity contribution < 1.29 is 13.5 Å². The Kier molecular flexibility index (Phi) is 6.81. The van der Waals surface area contributed by atoms with E-state index in [4.69, 9.17) is 17.0 Å². The van der Waals surface area contributed by atoms with Gasteiger partial charge < -0.3 is 15.4 Å². The van der Waals surface area contributed by atoms with Crippen LogP contribution in [0.1, 0.15) is 18.5 Å². The van der Waals surface area contributed by atoms with E-state index in [1.165, 1.54) is 0 Å². The molecule has 128 valence electrons. The summed E-state index contributed by atoms with van der Waals surface area (Å²) in [4.78, 5) is 0.511. The van der Waals surface area contributed by atoms with Crippen LogP contribution in [0, 0.1) is 0 Å². The van der Waals surface area contributed by atoms with Crippen molar-refractivity contribution >= 4 is 34.8 Å². The third kappa shape index (κ3) is 5.35. The molecule has 2 N–H and O–H groups in total. The number of methoxy groups -OCH3 is 1. The zero-order valence-corrected chi connectivity index (χ0v) is 14.9. The number of ether oxygens (including phenoxy) is 1. The zero-order chi connectivity index (χ0) is 17.5. The van der Waals surface area contributed by atoms with Gasteiger partial charge >= 0.3 is 0 Å². The van der Waals surface area contributed by atoms with Gasteiger partial charge in [-0.05, 0) is 49.5 Å². The van der Waals surface area contributed by atoms with Crippen molar-refractivity contribution in [2.45, 2.75) is 23.6 Å². The van der Waals surface area contributed by atoms with Crippen molar-refractivity contribution in [2.75, 3.05) is 12.4 Å². The highest BCUT2D eigenvalue weighted by atomic mass is 32.2. The van der Waals surface area contributed by atoms with Crippen LogP contribution >= 0.6 is 24.0 Å². The molecule has 0 aliphatic rings. The van der Waals surface area contributed by atoms with Crippen LogP contribution in [0.25, 0.3) is 0 Å². The topological polar surface area (TPSA) is 33.3 Å². The molecule has 0 spiro atoms. The number of rotatable bonds is 6. The van der Waals surface area contributed by atoms with Gasteiger partial charge in [0.05, 0.1) is 13.2 Å².